The fourth-order valence-electron chi connectivity index (χ4n) is 1.79. The topological polar surface area (TPSA) is 81.9 Å². The molecule has 0 aliphatic heterocycles. The van der Waals surface area contributed by atoms with E-state index < -0.39 is 4.92 Å². The third kappa shape index (κ3) is 4.68. The van der Waals surface area contributed by atoms with Crippen molar-refractivity contribution >= 4 is 27.5 Å². The molecular formula is C13H17BrN2O5. The van der Waals surface area contributed by atoms with E-state index in [0.29, 0.717) is 13.2 Å². The summed E-state index contributed by atoms with van der Waals surface area (Å²) in [5.74, 6) is -0.0961. The number of alkyl halides is 1. The van der Waals surface area contributed by atoms with E-state index in [4.69, 9.17) is 9.47 Å². The van der Waals surface area contributed by atoms with Crippen LogP contribution in [0.25, 0.3) is 0 Å². The number of benzene rings is 1. The summed E-state index contributed by atoms with van der Waals surface area (Å²) in [7, 11) is 4.59. The highest BCUT2D eigenvalue weighted by Crippen LogP contribution is 2.25. The molecule has 0 aliphatic carbocycles. The molecule has 0 saturated heterocycles. The van der Waals surface area contributed by atoms with Crippen LogP contribution in [-0.2, 0) is 4.74 Å². The molecule has 1 aromatic rings. The van der Waals surface area contributed by atoms with Crippen LogP contribution in [-0.4, -0.2) is 55.0 Å². The average Bonchev–Trinajstić information content (AvgIpc) is 2.45. The Morgan fingerprint density at radius 1 is 1.48 bits per heavy atom. The zero-order valence-electron chi connectivity index (χ0n) is 12.0. The first-order valence-electron chi connectivity index (χ1n) is 6.11. The first kappa shape index (κ1) is 17.4. The van der Waals surface area contributed by atoms with Gasteiger partial charge < -0.3 is 14.4 Å². The number of hydrogen-bond acceptors (Lipinski definition) is 5. The molecule has 116 valence electrons. The first-order chi connectivity index (χ1) is 9.90. The Labute approximate surface area is 131 Å². The van der Waals surface area contributed by atoms with E-state index in [1.165, 1.54) is 30.2 Å². The lowest BCUT2D eigenvalue weighted by molar-refractivity contribution is -0.384. The highest BCUT2D eigenvalue weighted by Gasteiger charge is 2.21. The second kappa shape index (κ2) is 7.94. The molecule has 7 nitrogen and oxygen atoms in total. The molecule has 1 amide bonds. The van der Waals surface area contributed by atoms with E-state index >= 15 is 0 Å². The predicted molar refractivity (Wildman–Crippen MR) is 81.2 cm³/mol. The fourth-order valence-corrected chi connectivity index (χ4v) is 2.49. The monoisotopic (exact) mass is 360 g/mol. The number of halogens is 1. The zero-order chi connectivity index (χ0) is 16.0. The minimum Gasteiger partial charge on any atom is -0.496 e. The van der Waals surface area contributed by atoms with E-state index in [1.54, 1.807) is 14.2 Å². The van der Waals surface area contributed by atoms with Crippen molar-refractivity contribution in [3.63, 3.8) is 0 Å². The van der Waals surface area contributed by atoms with Gasteiger partial charge >= 0.3 is 0 Å². The Morgan fingerprint density at radius 2 is 2.14 bits per heavy atom. The molecule has 21 heavy (non-hydrogen) atoms. The number of hydrogen-bond donors (Lipinski definition) is 0. The summed E-state index contributed by atoms with van der Waals surface area (Å²) >= 11 is 3.41. The van der Waals surface area contributed by atoms with Crippen LogP contribution >= 0.6 is 15.9 Å². The Balaban J connectivity index is 2.93. The number of rotatable bonds is 7. The summed E-state index contributed by atoms with van der Waals surface area (Å²) in [6, 6.07) is 3.92. The standard InChI is InChI=1S/C13H17BrN2O5/c1-15(7-9(14)8-20-2)13(17)11-5-4-10(16(18)19)6-12(11)21-3/h4-6,9H,7-8H2,1-3H3. The maximum absolute atomic E-state index is 12.4. The van der Waals surface area contributed by atoms with E-state index in [0.717, 1.165) is 0 Å². The van der Waals surface area contributed by atoms with Crippen LogP contribution in [0.15, 0.2) is 18.2 Å². The minimum atomic E-state index is -0.534. The van der Waals surface area contributed by atoms with E-state index in [-0.39, 0.29) is 27.7 Å². The summed E-state index contributed by atoms with van der Waals surface area (Å²) < 4.78 is 10.1. The van der Waals surface area contributed by atoms with Gasteiger partial charge in [0.1, 0.15) is 5.75 Å². The Kier molecular flexibility index (Phi) is 6.57. The minimum absolute atomic E-state index is 0.000457. The van der Waals surface area contributed by atoms with E-state index in [1.807, 2.05) is 0 Å². The molecular weight excluding hydrogens is 344 g/mol. The van der Waals surface area contributed by atoms with Gasteiger partial charge in [-0.15, -0.1) is 0 Å². The number of nitro benzene ring substituents is 1. The van der Waals surface area contributed by atoms with Crippen LogP contribution in [0.3, 0.4) is 0 Å². The molecule has 1 unspecified atom stereocenters. The zero-order valence-corrected chi connectivity index (χ0v) is 13.6. The molecule has 1 rings (SSSR count). The van der Waals surface area contributed by atoms with Crippen LogP contribution in [0.2, 0.25) is 0 Å². The summed E-state index contributed by atoms with van der Waals surface area (Å²) in [4.78, 5) is 24.1. The van der Waals surface area contributed by atoms with Crippen LogP contribution in [0.4, 0.5) is 5.69 Å². The summed E-state index contributed by atoms with van der Waals surface area (Å²) in [6.45, 7) is 0.905. The van der Waals surface area contributed by atoms with Crippen LogP contribution in [0.1, 0.15) is 10.4 Å². The molecule has 0 aliphatic rings. The van der Waals surface area contributed by atoms with Gasteiger partial charge in [0.15, 0.2) is 0 Å². The fraction of sp³-hybridized carbons (Fsp3) is 0.462. The molecule has 0 saturated carbocycles. The maximum Gasteiger partial charge on any atom is 0.273 e. The lowest BCUT2D eigenvalue weighted by Crippen LogP contribution is -2.33. The number of non-ortho nitro benzene ring substituents is 1. The van der Waals surface area contributed by atoms with Gasteiger partial charge in [-0.1, -0.05) is 15.9 Å². The van der Waals surface area contributed by atoms with Crippen molar-refractivity contribution in [1.29, 1.82) is 0 Å². The van der Waals surface area contributed by atoms with Crippen molar-refractivity contribution in [2.45, 2.75) is 4.83 Å². The Morgan fingerprint density at radius 3 is 2.67 bits per heavy atom. The molecule has 1 aromatic carbocycles. The van der Waals surface area contributed by atoms with Crippen molar-refractivity contribution in [3.8, 4) is 5.75 Å². The number of carbonyl (C=O) groups excluding carboxylic acids is 1. The molecule has 0 N–H and O–H groups in total. The smallest absolute Gasteiger partial charge is 0.273 e. The van der Waals surface area contributed by atoms with Gasteiger partial charge in [-0.05, 0) is 6.07 Å². The van der Waals surface area contributed by atoms with Crippen molar-refractivity contribution in [3.05, 3.63) is 33.9 Å². The van der Waals surface area contributed by atoms with Crippen LogP contribution < -0.4 is 4.74 Å². The third-order valence-electron chi connectivity index (χ3n) is 2.79. The lowest BCUT2D eigenvalue weighted by Gasteiger charge is -2.21. The van der Waals surface area contributed by atoms with Gasteiger partial charge in [0.2, 0.25) is 0 Å². The van der Waals surface area contributed by atoms with Crippen molar-refractivity contribution in [1.82, 2.24) is 4.90 Å². The SMILES string of the molecule is COCC(Br)CN(C)C(=O)c1ccc([N+](=O)[O-])cc1OC. The molecule has 0 fully saturated rings. The van der Waals surface area contributed by atoms with Crippen LogP contribution in [0, 0.1) is 10.1 Å². The number of ether oxygens (including phenoxy) is 2. The summed E-state index contributed by atoms with van der Waals surface area (Å²) in [5.41, 5.74) is 0.159. The van der Waals surface area contributed by atoms with Gasteiger partial charge in [-0.3, -0.25) is 14.9 Å². The molecule has 0 heterocycles. The highest BCUT2D eigenvalue weighted by molar-refractivity contribution is 9.09. The Hall–Kier alpha value is -1.67. The van der Waals surface area contributed by atoms with Gasteiger partial charge in [0, 0.05) is 26.8 Å². The highest BCUT2D eigenvalue weighted by atomic mass is 79.9. The quantitative estimate of drug-likeness (QED) is 0.422. The number of nitrogens with zero attached hydrogens (tertiary/aromatic N) is 2. The van der Waals surface area contributed by atoms with Crippen molar-refractivity contribution in [2.75, 3.05) is 34.4 Å². The number of carbonyl (C=O) groups is 1. The molecule has 0 spiro atoms. The normalized spacial score (nSPS) is 11.8. The van der Waals surface area contributed by atoms with Crippen LogP contribution in [0.5, 0.6) is 5.75 Å². The summed E-state index contributed by atoms with van der Waals surface area (Å²) in [6.07, 6.45) is 0. The van der Waals surface area contributed by atoms with Gasteiger partial charge in [-0.2, -0.15) is 0 Å². The predicted octanol–water partition coefficient (Wildman–Crippen LogP) is 2.09. The van der Waals surface area contributed by atoms with Crippen molar-refractivity contribution < 1.29 is 19.2 Å². The number of nitro groups is 1. The van der Waals surface area contributed by atoms with Gasteiger partial charge in [0.25, 0.3) is 11.6 Å². The average molecular weight is 361 g/mol. The molecule has 1 atom stereocenters. The second-order valence-corrected chi connectivity index (χ2v) is 5.67. The molecule has 0 aromatic heterocycles. The maximum atomic E-state index is 12.4. The van der Waals surface area contributed by atoms with E-state index in [2.05, 4.69) is 15.9 Å². The number of methoxy groups -OCH3 is 2. The first-order valence-corrected chi connectivity index (χ1v) is 7.03. The molecule has 0 bridgehead atoms. The largest absolute Gasteiger partial charge is 0.496 e. The molecule has 0 radical (unpaired) electrons. The lowest BCUT2D eigenvalue weighted by atomic mass is 10.1. The second-order valence-electron chi connectivity index (χ2n) is 4.38. The number of amides is 1. The Bertz CT molecular complexity index is 523. The molecule has 8 heteroatoms. The van der Waals surface area contributed by atoms with Crippen molar-refractivity contribution in [2.24, 2.45) is 0 Å². The van der Waals surface area contributed by atoms with Gasteiger partial charge in [-0.25, -0.2) is 0 Å². The third-order valence-corrected chi connectivity index (χ3v) is 3.35. The van der Waals surface area contributed by atoms with E-state index in [9.17, 15) is 14.9 Å². The summed E-state index contributed by atoms with van der Waals surface area (Å²) in [5, 5.41) is 10.7. The van der Waals surface area contributed by atoms with Gasteiger partial charge in [0.05, 0.1) is 35.1 Å².